The summed E-state index contributed by atoms with van der Waals surface area (Å²) in [7, 11) is 0. The van der Waals surface area contributed by atoms with Crippen LogP contribution in [-0.4, -0.2) is 46.1 Å². The van der Waals surface area contributed by atoms with Gasteiger partial charge >= 0.3 is 0 Å². The van der Waals surface area contributed by atoms with Gasteiger partial charge in [0.2, 0.25) is 0 Å². The monoisotopic (exact) mass is 1090 g/mol. The van der Waals surface area contributed by atoms with E-state index < -0.39 is 0 Å². The van der Waals surface area contributed by atoms with E-state index in [2.05, 4.69) is 58.4 Å². The molecule has 0 aliphatic heterocycles. The van der Waals surface area contributed by atoms with E-state index in [0.717, 1.165) is 131 Å². The first-order valence-electron chi connectivity index (χ1n) is 37.9. The minimum absolute atomic E-state index is 0.856. The van der Waals surface area contributed by atoms with Crippen LogP contribution < -0.4 is 0 Å². The second-order valence-corrected chi connectivity index (χ2v) is 32.6. The fraction of sp³-hybridized carbons (Fsp3) is 0.897. The van der Waals surface area contributed by atoms with E-state index in [1.54, 1.807) is 51.4 Å². The first-order valence-corrected chi connectivity index (χ1v) is 37.9. The molecule has 0 spiro atoms. The molecule has 0 heterocycles. The maximum atomic E-state index is 3.44. The number of hydrogen-bond donors (Lipinski definition) is 0. The van der Waals surface area contributed by atoms with Crippen LogP contribution in [-0.2, 0) is 0 Å². The molecule has 13 aliphatic carbocycles. The van der Waals surface area contributed by atoms with Gasteiger partial charge in [-0.15, -0.1) is 0 Å². The lowest BCUT2D eigenvalue weighted by Crippen LogP contribution is -2.59. The summed E-state index contributed by atoms with van der Waals surface area (Å²) in [4.78, 5) is 6.87. The van der Waals surface area contributed by atoms with Gasteiger partial charge in [0.05, 0.1) is 0 Å². The topological polar surface area (TPSA) is 6.48 Å². The summed E-state index contributed by atoms with van der Waals surface area (Å²) < 4.78 is 0. The van der Waals surface area contributed by atoms with Crippen LogP contribution >= 0.6 is 0 Å². The molecule has 0 N–H and O–H groups in total. The normalized spacial score (nSPS) is 43.7. The third-order valence-electron chi connectivity index (χ3n) is 27.9. The lowest BCUT2D eigenvalue weighted by Gasteiger charge is -2.59. The van der Waals surface area contributed by atoms with Gasteiger partial charge in [-0.1, -0.05) is 151 Å². The van der Waals surface area contributed by atoms with Crippen molar-refractivity contribution in [3.05, 3.63) is 48.6 Å². The van der Waals surface area contributed by atoms with E-state index in [9.17, 15) is 0 Å². The minimum Gasteiger partial charge on any atom is -0.294 e. The van der Waals surface area contributed by atoms with Gasteiger partial charge in [-0.2, -0.15) is 0 Å². The van der Waals surface area contributed by atoms with Crippen LogP contribution in [0.15, 0.2) is 48.6 Å². The highest BCUT2D eigenvalue weighted by molar-refractivity contribution is 5.08. The molecule has 0 aromatic heterocycles. The van der Waals surface area contributed by atoms with E-state index in [1.807, 2.05) is 0 Å². The molecule has 0 saturated heterocycles. The molecule has 2 nitrogen and oxygen atoms in total. The molecular formula is C78H126N2. The van der Waals surface area contributed by atoms with Gasteiger partial charge in [0.1, 0.15) is 0 Å². The summed E-state index contributed by atoms with van der Waals surface area (Å²) in [6, 6.07) is 5.20. The van der Waals surface area contributed by atoms with Crippen LogP contribution in [0, 0.1) is 94.7 Å². The smallest absolute Gasteiger partial charge is 0.0132 e. The highest BCUT2D eigenvalue weighted by Crippen LogP contribution is 2.60. The molecule has 0 amide bonds. The molecule has 13 aliphatic rings. The Kier molecular flexibility index (Phi) is 20.7. The standard InChI is InChI=1S/C78H126N2/c1-5-15-57(16-6-1)27-31-61-35-43-71(44-36-61)79(72-45-37-62(38-46-72)32-28-58-17-7-2-8-18-58)77-25-13-23-65-51-67-54-70-56-76-66(52-68(70)53-69(67)55-75(65)77)24-14-26-78(76)80(73-47-39-63(40-48-73)33-29-59-19-9-3-10-20-59)74-49-41-64(42-50-74)34-30-60-21-11-4-12-22-60/h27-34,57-78H,1-26,35-56H2/b31-27+,32-28+,33-29+,34-30+. The van der Waals surface area contributed by atoms with Gasteiger partial charge in [-0.05, 0) is 300 Å². The van der Waals surface area contributed by atoms with E-state index in [-0.39, 0.29) is 0 Å². The van der Waals surface area contributed by atoms with Crippen LogP contribution in [0.2, 0.25) is 0 Å². The predicted octanol–water partition coefficient (Wildman–Crippen LogP) is 21.8. The molecule has 13 rings (SSSR count). The Morgan fingerprint density at radius 3 is 0.662 bits per heavy atom. The van der Waals surface area contributed by atoms with E-state index >= 15 is 0 Å². The second-order valence-electron chi connectivity index (χ2n) is 32.6. The molecule has 13 fully saturated rings. The zero-order valence-corrected chi connectivity index (χ0v) is 52.2. The molecule has 448 valence electrons. The minimum atomic E-state index is 0.856. The summed E-state index contributed by atoms with van der Waals surface area (Å²) in [5.74, 6) is 15.2. The Morgan fingerprint density at radius 2 is 0.400 bits per heavy atom. The SMILES string of the molecule is C(=C\C1CCC(N(C2CCC(/C=C/C3CCCCC3)CC2)C2CCCC3CC4CC5CC6C(CCCC6N(C6CCC(/C=C/C7CCCCC7)CC6)C6CCC(/C=C/C7CCCCC7)CC6)CC5CC4CC32)CC1)/C1CCCCC1. The molecule has 13 saturated carbocycles. The van der Waals surface area contributed by atoms with Crippen molar-refractivity contribution in [2.45, 2.75) is 344 Å². The zero-order valence-electron chi connectivity index (χ0n) is 52.2. The van der Waals surface area contributed by atoms with Crippen molar-refractivity contribution in [3.63, 3.8) is 0 Å². The summed E-state index contributed by atoms with van der Waals surface area (Å²) in [6.07, 6.45) is 94.1. The molecule has 0 aromatic carbocycles. The van der Waals surface area contributed by atoms with Crippen molar-refractivity contribution in [1.82, 2.24) is 9.80 Å². The lowest BCUT2D eigenvalue weighted by molar-refractivity contribution is -0.0934. The molecular weight excluding hydrogens is 965 g/mol. The fourth-order valence-electron chi connectivity index (χ4n) is 23.5. The van der Waals surface area contributed by atoms with Gasteiger partial charge in [-0.25, -0.2) is 0 Å². The summed E-state index contributed by atoms with van der Waals surface area (Å²) in [5, 5.41) is 0. The van der Waals surface area contributed by atoms with Crippen molar-refractivity contribution >= 4 is 0 Å². The highest BCUT2D eigenvalue weighted by atomic mass is 15.2. The summed E-state index contributed by atoms with van der Waals surface area (Å²) in [6.45, 7) is 0. The number of fused-ring (bicyclic) bond motifs is 4. The van der Waals surface area contributed by atoms with Crippen LogP contribution in [0.1, 0.15) is 308 Å². The maximum Gasteiger partial charge on any atom is 0.0132 e. The number of rotatable bonds is 14. The second kappa shape index (κ2) is 28.6. The lowest BCUT2D eigenvalue weighted by atomic mass is 9.50. The van der Waals surface area contributed by atoms with E-state index in [0.29, 0.717) is 0 Å². The Balaban J connectivity index is 0.674. The highest BCUT2D eigenvalue weighted by Gasteiger charge is 2.54. The Morgan fingerprint density at radius 1 is 0.175 bits per heavy atom. The zero-order chi connectivity index (χ0) is 53.5. The average Bonchev–Trinajstić information content (AvgIpc) is 3.69. The number of hydrogen-bond acceptors (Lipinski definition) is 2. The van der Waals surface area contributed by atoms with Gasteiger partial charge < -0.3 is 0 Å². The van der Waals surface area contributed by atoms with Gasteiger partial charge in [0, 0.05) is 36.3 Å². The van der Waals surface area contributed by atoms with E-state index in [4.69, 9.17) is 0 Å². The molecule has 2 heteroatoms. The average molecular weight is 1090 g/mol. The van der Waals surface area contributed by atoms with Gasteiger partial charge in [-0.3, -0.25) is 9.80 Å². The van der Waals surface area contributed by atoms with Crippen LogP contribution in [0.5, 0.6) is 0 Å². The molecule has 80 heavy (non-hydrogen) atoms. The quantitative estimate of drug-likeness (QED) is 0.160. The van der Waals surface area contributed by atoms with Crippen molar-refractivity contribution in [2.24, 2.45) is 94.7 Å². The van der Waals surface area contributed by atoms with E-state index in [1.165, 1.54) is 257 Å². The fourth-order valence-corrected chi connectivity index (χ4v) is 23.5. The Labute approximate surface area is 495 Å². The first kappa shape index (κ1) is 57.9. The summed E-state index contributed by atoms with van der Waals surface area (Å²) in [5.41, 5.74) is 0. The Bertz CT molecular complexity index is 1700. The van der Waals surface area contributed by atoms with Crippen LogP contribution in [0.3, 0.4) is 0 Å². The summed E-state index contributed by atoms with van der Waals surface area (Å²) >= 11 is 0. The molecule has 10 unspecified atom stereocenters. The van der Waals surface area contributed by atoms with Crippen molar-refractivity contribution in [1.29, 1.82) is 0 Å². The largest absolute Gasteiger partial charge is 0.294 e. The molecule has 0 bridgehead atoms. The first-order chi connectivity index (χ1) is 39.6. The molecule has 10 atom stereocenters. The van der Waals surface area contributed by atoms with Gasteiger partial charge in [0.15, 0.2) is 0 Å². The van der Waals surface area contributed by atoms with Crippen LogP contribution in [0.25, 0.3) is 0 Å². The molecule has 0 radical (unpaired) electrons. The predicted molar refractivity (Wildman–Crippen MR) is 340 cm³/mol. The maximum absolute atomic E-state index is 3.44. The third kappa shape index (κ3) is 14.5. The molecule has 0 aromatic rings. The third-order valence-corrected chi connectivity index (χ3v) is 27.9. The van der Waals surface area contributed by atoms with Crippen molar-refractivity contribution < 1.29 is 0 Å². The van der Waals surface area contributed by atoms with Crippen molar-refractivity contribution in [2.75, 3.05) is 0 Å². The van der Waals surface area contributed by atoms with Crippen LogP contribution in [0.4, 0.5) is 0 Å². The van der Waals surface area contributed by atoms with Crippen molar-refractivity contribution in [3.8, 4) is 0 Å². The van der Waals surface area contributed by atoms with Gasteiger partial charge in [0.25, 0.3) is 0 Å². The number of nitrogens with zero attached hydrogens (tertiary/aromatic N) is 2. The number of allylic oxidation sites excluding steroid dienone is 8. The Hall–Kier alpha value is -1.12.